The molecule has 2 N–H and O–H groups in total. The van der Waals surface area contributed by atoms with Crippen molar-refractivity contribution in [2.45, 2.75) is 52.3 Å². The summed E-state index contributed by atoms with van der Waals surface area (Å²) in [6.07, 6.45) is 0.638. The molecular formula is C8H19NO. The topological polar surface area (TPSA) is 32.3 Å². The van der Waals surface area contributed by atoms with Crippen LogP contribution in [0.1, 0.15) is 34.1 Å². The highest BCUT2D eigenvalue weighted by Crippen LogP contribution is 1.97. The summed E-state index contributed by atoms with van der Waals surface area (Å²) in [7, 11) is 0. The van der Waals surface area contributed by atoms with Gasteiger partial charge in [0.2, 0.25) is 0 Å². The lowest BCUT2D eigenvalue weighted by atomic mass is 10.1. The van der Waals surface area contributed by atoms with E-state index in [2.05, 4.69) is 26.1 Å². The van der Waals surface area contributed by atoms with E-state index in [1.807, 2.05) is 6.92 Å². The SMILES string of the molecule is CC(C)N[C@@H](C)C[C@@H](C)O. The second-order valence-electron chi connectivity index (χ2n) is 3.31. The van der Waals surface area contributed by atoms with Crippen LogP contribution < -0.4 is 5.32 Å². The van der Waals surface area contributed by atoms with E-state index in [1.54, 1.807) is 0 Å². The van der Waals surface area contributed by atoms with Crippen molar-refractivity contribution in [3.05, 3.63) is 0 Å². The van der Waals surface area contributed by atoms with Crippen LogP contribution in [0.3, 0.4) is 0 Å². The molecule has 0 aliphatic rings. The molecule has 0 fully saturated rings. The van der Waals surface area contributed by atoms with Gasteiger partial charge in [-0.3, -0.25) is 0 Å². The van der Waals surface area contributed by atoms with E-state index >= 15 is 0 Å². The van der Waals surface area contributed by atoms with Gasteiger partial charge in [-0.15, -0.1) is 0 Å². The summed E-state index contributed by atoms with van der Waals surface area (Å²) in [6.45, 7) is 8.13. The van der Waals surface area contributed by atoms with Crippen molar-refractivity contribution in [1.29, 1.82) is 0 Å². The smallest absolute Gasteiger partial charge is 0.0526 e. The Balaban J connectivity index is 3.34. The molecule has 0 saturated heterocycles. The second kappa shape index (κ2) is 4.69. The van der Waals surface area contributed by atoms with Crippen molar-refractivity contribution in [1.82, 2.24) is 5.32 Å². The molecule has 0 aromatic heterocycles. The largest absolute Gasteiger partial charge is 0.393 e. The van der Waals surface area contributed by atoms with Crippen LogP contribution in [0.15, 0.2) is 0 Å². The predicted octanol–water partition coefficient (Wildman–Crippen LogP) is 1.14. The average molecular weight is 145 g/mol. The lowest BCUT2D eigenvalue weighted by Crippen LogP contribution is -2.34. The molecule has 0 aliphatic carbocycles. The first-order valence-corrected chi connectivity index (χ1v) is 3.96. The Kier molecular flexibility index (Phi) is 4.65. The summed E-state index contributed by atoms with van der Waals surface area (Å²) in [5.74, 6) is 0. The molecule has 0 bridgehead atoms. The molecule has 62 valence electrons. The van der Waals surface area contributed by atoms with Crippen molar-refractivity contribution in [2.24, 2.45) is 0 Å². The Bertz CT molecular complexity index is 71.3. The Hall–Kier alpha value is -0.0800. The number of aliphatic hydroxyl groups is 1. The van der Waals surface area contributed by atoms with Gasteiger partial charge in [0.25, 0.3) is 0 Å². The zero-order valence-electron chi connectivity index (χ0n) is 7.39. The zero-order valence-corrected chi connectivity index (χ0v) is 7.39. The summed E-state index contributed by atoms with van der Waals surface area (Å²) in [4.78, 5) is 0. The first-order chi connectivity index (χ1) is 4.52. The van der Waals surface area contributed by atoms with Gasteiger partial charge in [-0.1, -0.05) is 13.8 Å². The van der Waals surface area contributed by atoms with Gasteiger partial charge in [0, 0.05) is 12.1 Å². The third-order valence-electron chi connectivity index (χ3n) is 1.31. The Labute approximate surface area is 63.6 Å². The van der Waals surface area contributed by atoms with Crippen molar-refractivity contribution in [3.63, 3.8) is 0 Å². The molecule has 2 heteroatoms. The summed E-state index contributed by atoms with van der Waals surface area (Å²) < 4.78 is 0. The highest BCUT2D eigenvalue weighted by Gasteiger charge is 2.05. The van der Waals surface area contributed by atoms with Gasteiger partial charge in [-0.25, -0.2) is 0 Å². The molecule has 0 aliphatic heterocycles. The minimum Gasteiger partial charge on any atom is -0.393 e. The molecule has 10 heavy (non-hydrogen) atoms. The molecule has 0 aromatic carbocycles. The second-order valence-corrected chi connectivity index (χ2v) is 3.31. The standard InChI is InChI=1S/C8H19NO/c1-6(2)9-7(3)5-8(4)10/h6-10H,5H2,1-4H3/t7-,8+/m0/s1. The normalized spacial score (nSPS) is 17.4. The fraction of sp³-hybridized carbons (Fsp3) is 1.00. The molecule has 0 amide bonds. The highest BCUT2D eigenvalue weighted by molar-refractivity contribution is 4.65. The minimum absolute atomic E-state index is 0.193. The van der Waals surface area contributed by atoms with Crippen LogP contribution >= 0.6 is 0 Å². The van der Waals surface area contributed by atoms with Crippen LogP contribution in [0.5, 0.6) is 0 Å². The molecule has 0 aromatic rings. The van der Waals surface area contributed by atoms with Crippen LogP contribution in [0.4, 0.5) is 0 Å². The Morgan fingerprint density at radius 3 is 2.00 bits per heavy atom. The van der Waals surface area contributed by atoms with E-state index in [0.29, 0.717) is 12.1 Å². The maximum Gasteiger partial charge on any atom is 0.0526 e. The van der Waals surface area contributed by atoms with E-state index < -0.39 is 0 Å². The van der Waals surface area contributed by atoms with Crippen molar-refractivity contribution >= 4 is 0 Å². The Morgan fingerprint density at radius 2 is 1.70 bits per heavy atom. The molecule has 0 saturated carbocycles. The molecule has 2 nitrogen and oxygen atoms in total. The van der Waals surface area contributed by atoms with Crippen LogP contribution in [0.25, 0.3) is 0 Å². The summed E-state index contributed by atoms with van der Waals surface area (Å²) in [5, 5.41) is 12.3. The number of rotatable bonds is 4. The first kappa shape index (κ1) is 9.92. The fourth-order valence-corrected chi connectivity index (χ4v) is 1.15. The summed E-state index contributed by atoms with van der Waals surface area (Å²) >= 11 is 0. The number of hydrogen-bond acceptors (Lipinski definition) is 2. The lowest BCUT2D eigenvalue weighted by molar-refractivity contribution is 0.169. The molecule has 0 unspecified atom stereocenters. The number of hydrogen-bond donors (Lipinski definition) is 2. The van der Waals surface area contributed by atoms with Crippen molar-refractivity contribution in [3.8, 4) is 0 Å². The number of aliphatic hydroxyl groups excluding tert-OH is 1. The van der Waals surface area contributed by atoms with Gasteiger partial charge in [0.05, 0.1) is 6.10 Å². The fourth-order valence-electron chi connectivity index (χ4n) is 1.15. The van der Waals surface area contributed by atoms with E-state index in [0.717, 1.165) is 6.42 Å². The first-order valence-electron chi connectivity index (χ1n) is 3.96. The number of nitrogens with one attached hydrogen (secondary N) is 1. The van der Waals surface area contributed by atoms with Gasteiger partial charge in [-0.2, -0.15) is 0 Å². The Morgan fingerprint density at radius 1 is 1.20 bits per heavy atom. The van der Waals surface area contributed by atoms with Gasteiger partial charge in [-0.05, 0) is 20.3 Å². The molecule has 0 rings (SSSR count). The zero-order chi connectivity index (χ0) is 8.15. The summed E-state index contributed by atoms with van der Waals surface area (Å²) in [6, 6.07) is 0.925. The molecule has 2 atom stereocenters. The van der Waals surface area contributed by atoms with E-state index in [1.165, 1.54) is 0 Å². The van der Waals surface area contributed by atoms with Crippen molar-refractivity contribution in [2.75, 3.05) is 0 Å². The molecular weight excluding hydrogens is 126 g/mol. The van der Waals surface area contributed by atoms with Gasteiger partial charge in [0.15, 0.2) is 0 Å². The summed E-state index contributed by atoms with van der Waals surface area (Å²) in [5.41, 5.74) is 0. The van der Waals surface area contributed by atoms with Crippen LogP contribution in [-0.4, -0.2) is 23.3 Å². The monoisotopic (exact) mass is 145 g/mol. The van der Waals surface area contributed by atoms with Gasteiger partial charge < -0.3 is 10.4 Å². The maximum atomic E-state index is 9.00. The van der Waals surface area contributed by atoms with Crippen LogP contribution in [0.2, 0.25) is 0 Å². The molecule has 0 heterocycles. The van der Waals surface area contributed by atoms with Crippen LogP contribution in [-0.2, 0) is 0 Å². The predicted molar refractivity (Wildman–Crippen MR) is 44.0 cm³/mol. The van der Waals surface area contributed by atoms with Crippen molar-refractivity contribution < 1.29 is 5.11 Å². The van der Waals surface area contributed by atoms with Gasteiger partial charge in [0.1, 0.15) is 0 Å². The lowest BCUT2D eigenvalue weighted by Gasteiger charge is -2.17. The van der Waals surface area contributed by atoms with E-state index in [4.69, 9.17) is 5.11 Å². The van der Waals surface area contributed by atoms with E-state index in [9.17, 15) is 0 Å². The van der Waals surface area contributed by atoms with Gasteiger partial charge >= 0.3 is 0 Å². The average Bonchev–Trinajstić information content (AvgIpc) is 1.58. The molecule has 0 spiro atoms. The quantitative estimate of drug-likeness (QED) is 0.622. The van der Waals surface area contributed by atoms with E-state index in [-0.39, 0.29) is 6.10 Å². The minimum atomic E-state index is -0.193. The molecule has 0 radical (unpaired) electrons. The maximum absolute atomic E-state index is 9.00. The van der Waals surface area contributed by atoms with Crippen LogP contribution in [0, 0.1) is 0 Å². The third kappa shape index (κ3) is 6.05. The third-order valence-corrected chi connectivity index (χ3v) is 1.31. The highest BCUT2D eigenvalue weighted by atomic mass is 16.3.